The average Bonchev–Trinajstić information content (AvgIpc) is 3.42. The first-order valence-corrected chi connectivity index (χ1v) is 10.3. The Morgan fingerprint density at radius 2 is 2.04 bits per heavy atom. The van der Waals surface area contributed by atoms with Crippen LogP contribution < -0.4 is 5.32 Å². The van der Waals surface area contributed by atoms with Crippen molar-refractivity contribution in [1.29, 1.82) is 0 Å². The average molecular weight is 398 g/mol. The third-order valence-electron chi connectivity index (χ3n) is 4.89. The fourth-order valence-corrected chi connectivity index (χ4v) is 4.16. The van der Waals surface area contributed by atoms with E-state index in [1.165, 1.54) is 10.4 Å². The minimum Gasteiger partial charge on any atom is -0.379 e. The number of thiophene rings is 1. The molecule has 28 heavy (non-hydrogen) atoms. The Balaban J connectivity index is 1.43. The van der Waals surface area contributed by atoms with E-state index in [0.29, 0.717) is 18.0 Å². The van der Waals surface area contributed by atoms with Gasteiger partial charge in [0, 0.05) is 36.1 Å². The largest absolute Gasteiger partial charge is 0.379 e. The van der Waals surface area contributed by atoms with Gasteiger partial charge in [-0.3, -0.25) is 9.69 Å². The van der Waals surface area contributed by atoms with Crippen LogP contribution in [0, 0.1) is 6.92 Å². The van der Waals surface area contributed by atoms with Gasteiger partial charge in [-0.05, 0) is 18.4 Å². The third-order valence-corrected chi connectivity index (χ3v) is 5.87. The van der Waals surface area contributed by atoms with Gasteiger partial charge in [0.2, 0.25) is 0 Å². The molecular formula is C21H23N3O3S. The number of hydrogen-bond donors (Lipinski definition) is 1. The number of nitrogens with one attached hydrogen (secondary N) is 1. The molecule has 146 valence electrons. The summed E-state index contributed by atoms with van der Waals surface area (Å²) in [5.74, 6) is 0.366. The molecule has 7 heteroatoms. The first kappa shape index (κ1) is 18.9. The summed E-state index contributed by atoms with van der Waals surface area (Å²) in [5.41, 5.74) is 2.37. The van der Waals surface area contributed by atoms with Gasteiger partial charge >= 0.3 is 0 Å². The first-order chi connectivity index (χ1) is 13.7. The van der Waals surface area contributed by atoms with E-state index in [2.05, 4.69) is 26.8 Å². The molecule has 1 fully saturated rings. The van der Waals surface area contributed by atoms with E-state index >= 15 is 0 Å². The molecule has 2 aromatic heterocycles. The minimum atomic E-state index is -0.225. The van der Waals surface area contributed by atoms with Crippen LogP contribution >= 0.6 is 11.3 Å². The lowest BCUT2D eigenvalue weighted by molar-refractivity contribution is 0.0169. The highest BCUT2D eigenvalue weighted by Crippen LogP contribution is 2.26. The molecule has 0 saturated carbocycles. The number of amides is 1. The van der Waals surface area contributed by atoms with Gasteiger partial charge in [-0.2, -0.15) is 0 Å². The van der Waals surface area contributed by atoms with Crippen LogP contribution in [0.5, 0.6) is 0 Å². The molecule has 0 unspecified atom stereocenters. The molecule has 1 saturated heterocycles. The van der Waals surface area contributed by atoms with E-state index < -0.39 is 0 Å². The minimum absolute atomic E-state index is 0.135. The van der Waals surface area contributed by atoms with Crippen LogP contribution in [0.1, 0.15) is 27.0 Å². The second-order valence-corrected chi connectivity index (χ2v) is 7.81. The summed E-state index contributed by atoms with van der Waals surface area (Å²) >= 11 is 1.71. The maximum atomic E-state index is 12.6. The molecule has 3 aromatic rings. The summed E-state index contributed by atoms with van der Waals surface area (Å²) < 4.78 is 10.8. The molecule has 0 aliphatic carbocycles. The molecule has 0 spiro atoms. The zero-order valence-electron chi connectivity index (χ0n) is 15.8. The number of morpholine rings is 1. The molecule has 3 heterocycles. The highest BCUT2D eigenvalue weighted by atomic mass is 32.1. The van der Waals surface area contributed by atoms with Crippen molar-refractivity contribution in [2.45, 2.75) is 13.0 Å². The Kier molecular flexibility index (Phi) is 5.85. The molecule has 1 amide bonds. The van der Waals surface area contributed by atoms with Gasteiger partial charge in [0.1, 0.15) is 0 Å². The maximum Gasteiger partial charge on any atom is 0.273 e. The van der Waals surface area contributed by atoms with Gasteiger partial charge in [0.05, 0.1) is 19.3 Å². The zero-order chi connectivity index (χ0) is 19.3. The summed E-state index contributed by atoms with van der Waals surface area (Å²) in [6.07, 6.45) is 0. The molecule has 1 atom stereocenters. The summed E-state index contributed by atoms with van der Waals surface area (Å²) in [7, 11) is 0. The van der Waals surface area contributed by atoms with Crippen molar-refractivity contribution < 1.29 is 14.1 Å². The predicted octanol–water partition coefficient (Wildman–Crippen LogP) is 3.51. The molecule has 1 N–H and O–H groups in total. The van der Waals surface area contributed by atoms with Gasteiger partial charge in [0.15, 0.2) is 11.5 Å². The number of hydrogen-bond acceptors (Lipinski definition) is 6. The second-order valence-electron chi connectivity index (χ2n) is 6.83. The van der Waals surface area contributed by atoms with Crippen molar-refractivity contribution in [2.75, 3.05) is 32.8 Å². The van der Waals surface area contributed by atoms with Gasteiger partial charge in [-0.25, -0.2) is 0 Å². The van der Waals surface area contributed by atoms with Gasteiger partial charge in [0.25, 0.3) is 5.91 Å². The van der Waals surface area contributed by atoms with Gasteiger partial charge in [-0.1, -0.05) is 41.1 Å². The zero-order valence-corrected chi connectivity index (χ0v) is 16.6. The van der Waals surface area contributed by atoms with E-state index in [1.807, 2.05) is 37.3 Å². The van der Waals surface area contributed by atoms with E-state index in [1.54, 1.807) is 17.4 Å². The molecule has 1 aliphatic heterocycles. The lowest BCUT2D eigenvalue weighted by Gasteiger charge is -2.34. The van der Waals surface area contributed by atoms with Crippen molar-refractivity contribution in [2.24, 2.45) is 0 Å². The molecule has 1 aromatic carbocycles. The molecule has 4 rings (SSSR count). The molecular weight excluding hydrogens is 374 g/mol. The first-order valence-electron chi connectivity index (χ1n) is 9.38. The van der Waals surface area contributed by atoms with Crippen molar-refractivity contribution in [3.05, 3.63) is 64.0 Å². The van der Waals surface area contributed by atoms with E-state index in [9.17, 15) is 4.79 Å². The lowest BCUT2D eigenvalue weighted by Crippen LogP contribution is -2.43. The van der Waals surface area contributed by atoms with E-state index in [0.717, 1.165) is 31.9 Å². The van der Waals surface area contributed by atoms with Crippen LogP contribution in [0.15, 0.2) is 52.4 Å². The van der Waals surface area contributed by atoms with Crippen molar-refractivity contribution in [3.63, 3.8) is 0 Å². The van der Waals surface area contributed by atoms with Gasteiger partial charge in [-0.15, -0.1) is 11.3 Å². The number of aromatic nitrogens is 1. The number of carbonyl (C=O) groups excluding carboxylic acids is 1. The summed E-state index contributed by atoms with van der Waals surface area (Å²) in [5, 5.41) is 9.04. The van der Waals surface area contributed by atoms with Crippen molar-refractivity contribution >= 4 is 17.2 Å². The Morgan fingerprint density at radius 1 is 1.25 bits per heavy atom. The maximum absolute atomic E-state index is 12.6. The number of carbonyl (C=O) groups is 1. The number of benzene rings is 1. The van der Waals surface area contributed by atoms with E-state index in [-0.39, 0.29) is 11.9 Å². The Labute approximate surface area is 168 Å². The van der Waals surface area contributed by atoms with Gasteiger partial charge < -0.3 is 14.6 Å². The Bertz CT molecular complexity index is 899. The van der Waals surface area contributed by atoms with Crippen molar-refractivity contribution in [1.82, 2.24) is 15.4 Å². The smallest absolute Gasteiger partial charge is 0.273 e. The van der Waals surface area contributed by atoms with Crippen LogP contribution in [0.4, 0.5) is 0 Å². The lowest BCUT2D eigenvalue weighted by atomic mass is 10.1. The highest BCUT2D eigenvalue weighted by molar-refractivity contribution is 7.10. The number of aryl methyl sites for hydroxylation is 1. The van der Waals surface area contributed by atoms with Crippen molar-refractivity contribution in [3.8, 4) is 11.3 Å². The Hall–Kier alpha value is -2.48. The van der Waals surface area contributed by atoms with Crippen LogP contribution in [0.3, 0.4) is 0 Å². The monoisotopic (exact) mass is 397 g/mol. The van der Waals surface area contributed by atoms with Crippen LogP contribution in [-0.2, 0) is 4.74 Å². The number of rotatable bonds is 6. The van der Waals surface area contributed by atoms with Crippen LogP contribution in [0.2, 0.25) is 0 Å². The van der Waals surface area contributed by atoms with Crippen LogP contribution in [0.25, 0.3) is 11.3 Å². The Morgan fingerprint density at radius 3 is 2.75 bits per heavy atom. The molecule has 6 nitrogen and oxygen atoms in total. The van der Waals surface area contributed by atoms with E-state index in [4.69, 9.17) is 9.26 Å². The third kappa shape index (κ3) is 4.32. The molecule has 0 radical (unpaired) electrons. The van der Waals surface area contributed by atoms with Crippen LogP contribution in [-0.4, -0.2) is 48.8 Å². The quantitative estimate of drug-likeness (QED) is 0.689. The summed E-state index contributed by atoms with van der Waals surface area (Å²) in [4.78, 5) is 16.2. The number of ether oxygens (including phenoxy) is 1. The topological polar surface area (TPSA) is 67.6 Å². The number of nitrogens with zero attached hydrogens (tertiary/aromatic N) is 2. The SMILES string of the molecule is Cc1ccc(-c2cc(C(=O)NC[C@@H](c3cccs3)N3CCOCC3)no2)cc1. The highest BCUT2D eigenvalue weighted by Gasteiger charge is 2.24. The fourth-order valence-electron chi connectivity index (χ4n) is 3.30. The summed E-state index contributed by atoms with van der Waals surface area (Å²) in [6.45, 7) is 5.71. The molecule has 1 aliphatic rings. The summed E-state index contributed by atoms with van der Waals surface area (Å²) in [6, 6.07) is 13.9. The predicted molar refractivity (Wildman–Crippen MR) is 108 cm³/mol. The standard InChI is InChI=1S/C21H23N3O3S/c1-15-4-6-16(7-5-15)19-13-17(23-27-19)21(25)22-14-18(20-3-2-12-28-20)24-8-10-26-11-9-24/h2-7,12-13,18H,8-11,14H2,1H3,(H,22,25)/t18-/m0/s1. The molecule has 0 bridgehead atoms. The second kappa shape index (κ2) is 8.68. The normalized spacial score (nSPS) is 16.0. The fraction of sp³-hybridized carbons (Fsp3) is 0.333.